The van der Waals surface area contributed by atoms with Crippen molar-refractivity contribution in [2.45, 2.75) is 95.6 Å². The molecular formula is C69H60BN3Si. The Kier molecular flexibility index (Phi) is 8.32. The van der Waals surface area contributed by atoms with Crippen molar-refractivity contribution in [2.75, 3.05) is 14.7 Å². The van der Waals surface area contributed by atoms with E-state index in [1.165, 1.54) is 147 Å². The molecule has 1 fully saturated rings. The zero-order chi connectivity index (χ0) is 49.8. The van der Waals surface area contributed by atoms with Gasteiger partial charge in [0.1, 0.15) is 8.07 Å². The molecule has 16 rings (SSSR count). The Morgan fingerprint density at radius 1 is 0.392 bits per heavy atom. The second kappa shape index (κ2) is 14.3. The average Bonchev–Trinajstić information content (AvgIpc) is 4.05. The minimum Gasteiger partial charge on any atom is -0.334 e. The molecule has 4 heterocycles. The van der Waals surface area contributed by atoms with E-state index in [0.717, 1.165) is 6.42 Å². The fourth-order valence-corrected chi connectivity index (χ4v) is 20.9. The minimum atomic E-state index is -2.63. The van der Waals surface area contributed by atoms with E-state index in [9.17, 15) is 0 Å². The molecule has 0 spiro atoms. The van der Waals surface area contributed by atoms with Gasteiger partial charge in [0.2, 0.25) is 0 Å². The second-order valence-corrected chi connectivity index (χ2v) is 28.3. The van der Waals surface area contributed by atoms with Gasteiger partial charge in [-0.2, -0.15) is 0 Å². The monoisotopic (exact) mass is 969 g/mol. The van der Waals surface area contributed by atoms with Gasteiger partial charge in [-0.15, -0.1) is 0 Å². The van der Waals surface area contributed by atoms with E-state index in [1.54, 1.807) is 0 Å². The predicted octanol–water partition coefficient (Wildman–Crippen LogP) is 13.5. The van der Waals surface area contributed by atoms with Crippen LogP contribution >= 0.6 is 0 Å². The summed E-state index contributed by atoms with van der Waals surface area (Å²) in [6.45, 7) is 17.6. The topological polar surface area (TPSA) is 9.72 Å². The molecule has 7 aliphatic rings. The summed E-state index contributed by atoms with van der Waals surface area (Å²) < 4.78 is 0. The zero-order valence-electron chi connectivity index (χ0n) is 43.6. The highest BCUT2D eigenvalue weighted by Crippen LogP contribution is 2.62. The van der Waals surface area contributed by atoms with Gasteiger partial charge in [0, 0.05) is 61.7 Å². The highest BCUT2D eigenvalue weighted by atomic mass is 28.3. The van der Waals surface area contributed by atoms with E-state index in [0.29, 0.717) is 0 Å². The highest BCUT2D eigenvalue weighted by Gasteiger charge is 2.59. The van der Waals surface area contributed by atoms with Crippen LogP contribution in [0.3, 0.4) is 0 Å². The van der Waals surface area contributed by atoms with E-state index in [-0.39, 0.29) is 28.5 Å². The number of benzene rings is 9. The molecule has 358 valence electrons. The van der Waals surface area contributed by atoms with Crippen molar-refractivity contribution in [3.63, 3.8) is 0 Å². The van der Waals surface area contributed by atoms with E-state index >= 15 is 0 Å². The molecule has 3 aliphatic carbocycles. The van der Waals surface area contributed by atoms with Gasteiger partial charge in [0.05, 0.1) is 5.54 Å². The van der Waals surface area contributed by atoms with Gasteiger partial charge in [-0.05, 0) is 146 Å². The maximum absolute atomic E-state index is 2.82. The largest absolute Gasteiger partial charge is 0.334 e. The van der Waals surface area contributed by atoms with Crippen molar-refractivity contribution in [1.29, 1.82) is 0 Å². The lowest BCUT2D eigenvalue weighted by Crippen LogP contribution is -2.83. The first-order valence-electron chi connectivity index (χ1n) is 27.3. The molecule has 0 aromatic heterocycles. The number of hydrogen-bond donors (Lipinski definition) is 0. The van der Waals surface area contributed by atoms with Crippen molar-refractivity contribution < 1.29 is 0 Å². The third-order valence-electron chi connectivity index (χ3n) is 20.5. The summed E-state index contributed by atoms with van der Waals surface area (Å²) in [5.41, 5.74) is 26.8. The Hall–Kier alpha value is -7.34. The molecule has 2 unspecified atom stereocenters. The molecule has 4 aliphatic heterocycles. The molecule has 9 aromatic carbocycles. The summed E-state index contributed by atoms with van der Waals surface area (Å²) in [5, 5.41) is 4.51. The van der Waals surface area contributed by atoms with Crippen molar-refractivity contribution in [3.8, 4) is 22.3 Å². The maximum atomic E-state index is 2.82. The number of nitrogens with zero attached hydrogens (tertiary/aromatic N) is 3. The molecule has 0 amide bonds. The third kappa shape index (κ3) is 5.06. The van der Waals surface area contributed by atoms with Crippen molar-refractivity contribution in [2.24, 2.45) is 0 Å². The van der Waals surface area contributed by atoms with Crippen LogP contribution in [0, 0.1) is 0 Å². The van der Waals surface area contributed by atoms with Crippen molar-refractivity contribution in [1.82, 2.24) is 0 Å². The number of rotatable bonds is 4. The van der Waals surface area contributed by atoms with Crippen LogP contribution in [0.15, 0.2) is 188 Å². The summed E-state index contributed by atoms with van der Waals surface area (Å²) >= 11 is 0. The fraction of sp³-hybridized carbons (Fsp3) is 0.217. The van der Waals surface area contributed by atoms with Crippen LogP contribution in [0.2, 0.25) is 6.55 Å². The average molecular weight is 970 g/mol. The van der Waals surface area contributed by atoms with Crippen LogP contribution in [-0.4, -0.2) is 20.3 Å². The van der Waals surface area contributed by atoms with Crippen LogP contribution < -0.4 is 46.6 Å². The van der Waals surface area contributed by atoms with Crippen LogP contribution in [0.5, 0.6) is 0 Å². The summed E-state index contributed by atoms with van der Waals surface area (Å²) in [6, 6.07) is 74.1. The molecule has 0 saturated heterocycles. The second-order valence-electron chi connectivity index (χ2n) is 24.4. The molecule has 0 N–H and O–H groups in total. The summed E-state index contributed by atoms with van der Waals surface area (Å²) in [4.78, 5) is 8.26. The van der Waals surface area contributed by atoms with Crippen molar-refractivity contribution in [3.05, 3.63) is 216 Å². The third-order valence-corrected chi connectivity index (χ3v) is 25.0. The Balaban J connectivity index is 1.04. The molecular weight excluding hydrogens is 910 g/mol. The highest BCUT2D eigenvalue weighted by molar-refractivity contribution is 7.21. The standard InChI is InChI=1S/C69H60BN3Si/c1-66(2)51-25-13-11-23-47(51)49-35-33-43(39-54(49)66)71-57-29-19-31-61-64(57)70-63-59(71)41-45(73-56-28-16-15-27-53(56)68(5)37-17-18-38-69(68,73)6)42-60(63)72(44-34-36-50-48-24-12-14-26-52(48)67(3,4)55(50)40-44)58-30-20-32-62(65(58)70)74(61,7)46-21-9-8-10-22-46/h8-16,19-36,39-42H,17-18,37-38H2,1-7H3. The maximum Gasteiger partial charge on any atom is 0.251 e. The Labute approximate surface area is 438 Å². The van der Waals surface area contributed by atoms with Gasteiger partial charge in [-0.25, -0.2) is 0 Å². The Bertz CT molecular complexity index is 3780. The van der Waals surface area contributed by atoms with Crippen LogP contribution in [-0.2, 0) is 16.2 Å². The smallest absolute Gasteiger partial charge is 0.251 e. The van der Waals surface area contributed by atoms with E-state index < -0.39 is 8.07 Å². The summed E-state index contributed by atoms with van der Waals surface area (Å²) in [6.07, 6.45) is 4.81. The first-order valence-corrected chi connectivity index (χ1v) is 29.8. The SMILES string of the molecule is CC1(C)c2ccccc2-c2ccc(N3c4cc(N5c6ccccc6C6(C)CCCCC56C)cc5c4B4c6c3cccc6[Si](C)(c3ccccc3)c3cccc(c34)N5c3ccc4c(c3)C(C)(C)c3ccccc3-4)cc21. The quantitative estimate of drug-likeness (QED) is 0.163. The number of anilines is 8. The molecule has 0 radical (unpaired) electrons. The molecule has 2 atom stereocenters. The fourth-order valence-electron chi connectivity index (χ4n) is 16.6. The summed E-state index contributed by atoms with van der Waals surface area (Å²) in [5.74, 6) is 0. The first-order chi connectivity index (χ1) is 35.9. The lowest BCUT2D eigenvalue weighted by atomic mass is 9.33. The Morgan fingerprint density at radius 3 is 1.43 bits per heavy atom. The van der Waals surface area contributed by atoms with Gasteiger partial charge in [0.25, 0.3) is 6.71 Å². The molecule has 9 aromatic rings. The lowest BCUT2D eigenvalue weighted by molar-refractivity contribution is 0.195. The van der Waals surface area contributed by atoms with Gasteiger partial charge in [-0.3, -0.25) is 0 Å². The van der Waals surface area contributed by atoms with Crippen molar-refractivity contribution >= 4 is 92.2 Å². The van der Waals surface area contributed by atoms with Crippen LogP contribution in [0.4, 0.5) is 45.5 Å². The molecule has 3 nitrogen and oxygen atoms in total. The molecule has 5 heteroatoms. The lowest BCUT2D eigenvalue weighted by Gasteiger charge is -2.52. The summed E-state index contributed by atoms with van der Waals surface area (Å²) in [7, 11) is -2.63. The van der Waals surface area contributed by atoms with E-state index in [2.05, 4.69) is 251 Å². The number of para-hydroxylation sites is 1. The predicted molar refractivity (Wildman–Crippen MR) is 315 cm³/mol. The first kappa shape index (κ1) is 43.1. The number of fused-ring (bicyclic) bond motifs is 9. The molecule has 74 heavy (non-hydrogen) atoms. The van der Waals surface area contributed by atoms with Crippen LogP contribution in [0.25, 0.3) is 22.3 Å². The minimum absolute atomic E-state index is 0.00833. The van der Waals surface area contributed by atoms with E-state index in [4.69, 9.17) is 0 Å². The number of hydrogen-bond acceptors (Lipinski definition) is 3. The molecule has 0 bridgehead atoms. The van der Waals surface area contributed by atoms with Gasteiger partial charge in [0.15, 0.2) is 0 Å². The van der Waals surface area contributed by atoms with Gasteiger partial charge >= 0.3 is 0 Å². The van der Waals surface area contributed by atoms with Gasteiger partial charge in [-0.1, -0.05) is 198 Å². The van der Waals surface area contributed by atoms with E-state index in [1.807, 2.05) is 0 Å². The Morgan fingerprint density at radius 2 is 0.865 bits per heavy atom. The van der Waals surface area contributed by atoms with Gasteiger partial charge < -0.3 is 14.7 Å². The zero-order valence-corrected chi connectivity index (χ0v) is 44.6. The normalized spacial score (nSPS) is 21.6. The molecule has 1 saturated carbocycles. The van der Waals surface area contributed by atoms with Crippen LogP contribution in [0.1, 0.15) is 95.0 Å².